The fraction of sp³-hybridized carbons (Fsp3) is 0.500. The minimum atomic E-state index is -0.243. The number of rotatable bonds is 3. The lowest BCUT2D eigenvalue weighted by atomic mass is 10.2. The molecule has 1 saturated heterocycles. The van der Waals surface area contributed by atoms with E-state index in [1.807, 2.05) is 0 Å². The first kappa shape index (κ1) is 10.4. The molecular formula is C12H15FO2. The van der Waals surface area contributed by atoms with Crippen molar-refractivity contribution in [2.45, 2.75) is 32.0 Å². The standard InChI is InChI=1S/C12H15FO2/c1-9-2-5-12(15-9)8-14-11-6-3-10(13)4-7-11/h3-4,6-7,9,12H,2,5,8H2,1H3/t9-,12?/m1/s1. The van der Waals surface area contributed by atoms with Gasteiger partial charge in [-0.15, -0.1) is 0 Å². The summed E-state index contributed by atoms with van der Waals surface area (Å²) < 4.78 is 23.7. The van der Waals surface area contributed by atoms with Crippen molar-refractivity contribution in [1.82, 2.24) is 0 Å². The molecule has 1 unspecified atom stereocenters. The molecule has 0 bridgehead atoms. The normalized spacial score (nSPS) is 25.5. The highest BCUT2D eigenvalue weighted by molar-refractivity contribution is 5.22. The first-order chi connectivity index (χ1) is 7.24. The van der Waals surface area contributed by atoms with Gasteiger partial charge in [-0.3, -0.25) is 0 Å². The molecule has 0 amide bonds. The second-order valence-corrected chi connectivity index (χ2v) is 3.91. The highest BCUT2D eigenvalue weighted by atomic mass is 19.1. The summed E-state index contributed by atoms with van der Waals surface area (Å²) in [6.07, 6.45) is 2.66. The molecule has 1 aromatic carbocycles. The van der Waals surface area contributed by atoms with E-state index in [-0.39, 0.29) is 11.9 Å². The summed E-state index contributed by atoms with van der Waals surface area (Å²) in [5.41, 5.74) is 0. The Hall–Kier alpha value is -1.09. The van der Waals surface area contributed by atoms with E-state index in [9.17, 15) is 4.39 Å². The highest BCUT2D eigenvalue weighted by Gasteiger charge is 2.21. The zero-order valence-electron chi connectivity index (χ0n) is 8.78. The van der Waals surface area contributed by atoms with Crippen molar-refractivity contribution in [2.24, 2.45) is 0 Å². The van der Waals surface area contributed by atoms with Gasteiger partial charge in [0, 0.05) is 0 Å². The summed E-state index contributed by atoms with van der Waals surface area (Å²) in [5, 5.41) is 0. The summed E-state index contributed by atoms with van der Waals surface area (Å²) in [7, 11) is 0. The van der Waals surface area contributed by atoms with E-state index in [0.717, 1.165) is 12.8 Å². The molecule has 1 aliphatic heterocycles. The molecule has 3 heteroatoms. The van der Waals surface area contributed by atoms with Gasteiger partial charge in [0.1, 0.15) is 18.2 Å². The van der Waals surface area contributed by atoms with Gasteiger partial charge in [-0.1, -0.05) is 0 Å². The zero-order chi connectivity index (χ0) is 10.7. The molecule has 1 heterocycles. The third kappa shape index (κ3) is 2.93. The molecule has 15 heavy (non-hydrogen) atoms. The van der Waals surface area contributed by atoms with Crippen molar-refractivity contribution in [3.8, 4) is 5.75 Å². The Morgan fingerprint density at radius 1 is 1.33 bits per heavy atom. The van der Waals surface area contributed by atoms with Gasteiger partial charge in [-0.2, -0.15) is 0 Å². The number of hydrogen-bond acceptors (Lipinski definition) is 2. The van der Waals surface area contributed by atoms with Crippen LogP contribution in [0.4, 0.5) is 4.39 Å². The third-order valence-corrected chi connectivity index (χ3v) is 2.57. The summed E-state index contributed by atoms with van der Waals surface area (Å²) >= 11 is 0. The zero-order valence-corrected chi connectivity index (χ0v) is 8.78. The fourth-order valence-electron chi connectivity index (χ4n) is 1.73. The maximum Gasteiger partial charge on any atom is 0.123 e. The number of hydrogen-bond donors (Lipinski definition) is 0. The van der Waals surface area contributed by atoms with E-state index < -0.39 is 0 Å². The second-order valence-electron chi connectivity index (χ2n) is 3.91. The number of ether oxygens (including phenoxy) is 2. The molecule has 0 aromatic heterocycles. The van der Waals surface area contributed by atoms with Crippen molar-refractivity contribution in [1.29, 1.82) is 0 Å². The molecule has 0 spiro atoms. The Bertz CT molecular complexity index is 310. The van der Waals surface area contributed by atoms with E-state index >= 15 is 0 Å². The summed E-state index contributed by atoms with van der Waals surface area (Å²) in [6.45, 7) is 2.62. The molecule has 2 rings (SSSR count). The van der Waals surface area contributed by atoms with Crippen molar-refractivity contribution in [3.05, 3.63) is 30.1 Å². The van der Waals surface area contributed by atoms with Gasteiger partial charge < -0.3 is 9.47 Å². The lowest BCUT2D eigenvalue weighted by molar-refractivity contribution is 0.0264. The predicted octanol–water partition coefficient (Wildman–Crippen LogP) is 2.77. The third-order valence-electron chi connectivity index (χ3n) is 2.57. The van der Waals surface area contributed by atoms with Gasteiger partial charge in [0.15, 0.2) is 0 Å². The van der Waals surface area contributed by atoms with Crippen molar-refractivity contribution in [2.75, 3.05) is 6.61 Å². The number of halogens is 1. The Morgan fingerprint density at radius 2 is 2.07 bits per heavy atom. The number of benzene rings is 1. The molecule has 2 nitrogen and oxygen atoms in total. The SMILES string of the molecule is C[C@@H]1CCC(COc2ccc(F)cc2)O1. The fourth-order valence-corrected chi connectivity index (χ4v) is 1.73. The average molecular weight is 210 g/mol. The van der Waals surface area contributed by atoms with Crippen molar-refractivity contribution >= 4 is 0 Å². The summed E-state index contributed by atoms with van der Waals surface area (Å²) in [5.74, 6) is 0.452. The molecule has 1 fully saturated rings. The molecule has 1 aliphatic rings. The van der Waals surface area contributed by atoms with E-state index in [0.29, 0.717) is 18.5 Å². The van der Waals surface area contributed by atoms with Crippen LogP contribution in [0.2, 0.25) is 0 Å². The molecule has 0 saturated carbocycles. The smallest absolute Gasteiger partial charge is 0.123 e. The van der Waals surface area contributed by atoms with Crippen LogP contribution in [-0.4, -0.2) is 18.8 Å². The molecule has 2 atom stereocenters. The van der Waals surface area contributed by atoms with Gasteiger partial charge in [0.05, 0.1) is 12.2 Å². The van der Waals surface area contributed by atoms with Crippen LogP contribution in [0.25, 0.3) is 0 Å². The average Bonchev–Trinajstić information content (AvgIpc) is 2.64. The summed E-state index contributed by atoms with van der Waals surface area (Å²) in [6, 6.07) is 6.06. The predicted molar refractivity (Wildman–Crippen MR) is 55.5 cm³/mol. The largest absolute Gasteiger partial charge is 0.491 e. The van der Waals surface area contributed by atoms with Gasteiger partial charge in [0.2, 0.25) is 0 Å². The van der Waals surface area contributed by atoms with Crippen LogP contribution in [0.3, 0.4) is 0 Å². The monoisotopic (exact) mass is 210 g/mol. The summed E-state index contributed by atoms with van der Waals surface area (Å²) in [4.78, 5) is 0. The first-order valence-electron chi connectivity index (χ1n) is 5.28. The van der Waals surface area contributed by atoms with Crippen LogP contribution in [0.15, 0.2) is 24.3 Å². The van der Waals surface area contributed by atoms with Crippen LogP contribution in [0.5, 0.6) is 5.75 Å². The maximum absolute atomic E-state index is 12.6. The second kappa shape index (κ2) is 4.62. The first-order valence-corrected chi connectivity index (χ1v) is 5.28. The minimum Gasteiger partial charge on any atom is -0.491 e. The van der Waals surface area contributed by atoms with E-state index in [4.69, 9.17) is 9.47 Å². The Balaban J connectivity index is 1.80. The lowest BCUT2D eigenvalue weighted by Crippen LogP contribution is -2.17. The van der Waals surface area contributed by atoms with Crippen molar-refractivity contribution in [3.63, 3.8) is 0 Å². The minimum absolute atomic E-state index is 0.185. The molecule has 1 aromatic rings. The molecule has 82 valence electrons. The van der Waals surface area contributed by atoms with Crippen LogP contribution < -0.4 is 4.74 Å². The molecule has 0 aliphatic carbocycles. The van der Waals surface area contributed by atoms with Crippen LogP contribution in [0.1, 0.15) is 19.8 Å². The lowest BCUT2D eigenvalue weighted by Gasteiger charge is -2.12. The van der Waals surface area contributed by atoms with E-state index in [2.05, 4.69) is 6.92 Å². The van der Waals surface area contributed by atoms with Gasteiger partial charge in [-0.05, 0) is 44.0 Å². The highest BCUT2D eigenvalue weighted by Crippen LogP contribution is 2.20. The molecular weight excluding hydrogens is 195 g/mol. The van der Waals surface area contributed by atoms with Gasteiger partial charge in [-0.25, -0.2) is 4.39 Å². The van der Waals surface area contributed by atoms with E-state index in [1.165, 1.54) is 12.1 Å². The molecule has 0 N–H and O–H groups in total. The van der Waals surface area contributed by atoms with Crippen LogP contribution in [-0.2, 0) is 4.74 Å². The van der Waals surface area contributed by atoms with Gasteiger partial charge >= 0.3 is 0 Å². The maximum atomic E-state index is 12.6. The van der Waals surface area contributed by atoms with E-state index in [1.54, 1.807) is 12.1 Å². The van der Waals surface area contributed by atoms with Crippen molar-refractivity contribution < 1.29 is 13.9 Å². The Morgan fingerprint density at radius 3 is 2.67 bits per heavy atom. The van der Waals surface area contributed by atoms with Gasteiger partial charge in [0.25, 0.3) is 0 Å². The Kier molecular flexibility index (Phi) is 3.21. The van der Waals surface area contributed by atoms with Crippen LogP contribution >= 0.6 is 0 Å². The topological polar surface area (TPSA) is 18.5 Å². The molecule has 0 radical (unpaired) electrons. The van der Waals surface area contributed by atoms with Crippen LogP contribution in [0, 0.1) is 5.82 Å². The Labute approximate surface area is 89.0 Å². The quantitative estimate of drug-likeness (QED) is 0.763.